The number of hydrogen-bond acceptors (Lipinski definition) is 4. The molecule has 1 aliphatic rings. The lowest BCUT2D eigenvalue weighted by atomic mass is 10.3. The van der Waals surface area contributed by atoms with Crippen LogP contribution in [0.4, 0.5) is 0 Å². The van der Waals surface area contributed by atoms with E-state index in [1.807, 2.05) is 23.1 Å². The molecule has 1 fully saturated rings. The summed E-state index contributed by atoms with van der Waals surface area (Å²) in [6.45, 7) is 8.93. The second-order valence-corrected chi connectivity index (χ2v) is 6.58. The van der Waals surface area contributed by atoms with E-state index in [-0.39, 0.29) is 11.8 Å². The first-order chi connectivity index (χ1) is 12.7. The van der Waals surface area contributed by atoms with Gasteiger partial charge in [0.2, 0.25) is 5.82 Å². The fourth-order valence-electron chi connectivity index (χ4n) is 3.23. The zero-order valence-electron chi connectivity index (χ0n) is 15.6. The molecule has 26 heavy (non-hydrogen) atoms. The van der Waals surface area contributed by atoms with Gasteiger partial charge in [0, 0.05) is 38.9 Å². The van der Waals surface area contributed by atoms with Gasteiger partial charge in [0.05, 0.1) is 5.52 Å². The summed E-state index contributed by atoms with van der Waals surface area (Å²) in [7, 11) is 0. The molecular formula is C19H27N5O2. The number of imidazole rings is 1. The van der Waals surface area contributed by atoms with E-state index in [0.29, 0.717) is 36.7 Å². The zero-order valence-corrected chi connectivity index (χ0v) is 15.6. The van der Waals surface area contributed by atoms with E-state index >= 15 is 0 Å². The highest BCUT2D eigenvalue weighted by atomic mass is 16.2. The minimum Gasteiger partial charge on any atom is -0.351 e. The fourth-order valence-corrected chi connectivity index (χ4v) is 3.23. The number of carbonyl (C=O) groups excluding carboxylic acids is 2. The highest BCUT2D eigenvalue weighted by Crippen LogP contribution is 2.16. The maximum Gasteiger partial charge on any atom is 0.290 e. The van der Waals surface area contributed by atoms with Crippen LogP contribution in [0.5, 0.6) is 0 Å². The van der Waals surface area contributed by atoms with Crippen LogP contribution in [0.2, 0.25) is 0 Å². The van der Waals surface area contributed by atoms with Crippen molar-refractivity contribution < 1.29 is 9.59 Å². The molecule has 140 valence electrons. The van der Waals surface area contributed by atoms with Crippen molar-refractivity contribution in [3.63, 3.8) is 0 Å². The number of nitrogens with one attached hydrogen (secondary N) is 1. The van der Waals surface area contributed by atoms with E-state index in [2.05, 4.69) is 29.0 Å². The van der Waals surface area contributed by atoms with Crippen LogP contribution >= 0.6 is 0 Å². The molecule has 0 unspecified atom stereocenters. The number of likely N-dealkylation sites (N-methyl/N-ethyl adjacent to an activating group) is 1. The number of unbranched alkanes of at least 4 members (excludes halogenated alkanes) is 1. The molecule has 3 heterocycles. The van der Waals surface area contributed by atoms with Crippen molar-refractivity contribution in [2.75, 3.05) is 39.3 Å². The topological polar surface area (TPSA) is 70.0 Å². The van der Waals surface area contributed by atoms with Gasteiger partial charge in [0.1, 0.15) is 0 Å². The molecule has 0 atom stereocenters. The minimum atomic E-state index is -0.225. The fraction of sp³-hybridized carbons (Fsp3) is 0.526. The molecule has 1 N–H and O–H groups in total. The Hall–Kier alpha value is -2.41. The number of hydrogen-bond donors (Lipinski definition) is 1. The number of piperazine rings is 1. The molecule has 1 aliphatic heterocycles. The third-order valence-corrected chi connectivity index (χ3v) is 4.88. The summed E-state index contributed by atoms with van der Waals surface area (Å²) < 4.78 is 1.73. The van der Waals surface area contributed by atoms with Gasteiger partial charge in [0.15, 0.2) is 5.69 Å². The Morgan fingerprint density at radius 1 is 1.15 bits per heavy atom. The third kappa shape index (κ3) is 3.72. The predicted molar refractivity (Wildman–Crippen MR) is 100 cm³/mol. The lowest BCUT2D eigenvalue weighted by molar-refractivity contribution is 0.0630. The van der Waals surface area contributed by atoms with Crippen molar-refractivity contribution in [3.05, 3.63) is 35.9 Å². The monoisotopic (exact) mass is 357 g/mol. The van der Waals surface area contributed by atoms with Crippen molar-refractivity contribution in [2.45, 2.75) is 26.7 Å². The van der Waals surface area contributed by atoms with Gasteiger partial charge in [-0.1, -0.05) is 26.3 Å². The van der Waals surface area contributed by atoms with Crippen LogP contribution in [-0.4, -0.2) is 70.3 Å². The van der Waals surface area contributed by atoms with Gasteiger partial charge in [-0.2, -0.15) is 0 Å². The maximum atomic E-state index is 13.0. The summed E-state index contributed by atoms with van der Waals surface area (Å²) in [6, 6.07) is 5.53. The SMILES string of the molecule is CCCCNC(=O)c1nc(C(=O)N2CCN(CC)CC2)n2ccccc12. The molecule has 0 aromatic carbocycles. The van der Waals surface area contributed by atoms with Crippen molar-refractivity contribution in [1.82, 2.24) is 24.5 Å². The van der Waals surface area contributed by atoms with E-state index in [0.717, 1.165) is 32.5 Å². The third-order valence-electron chi connectivity index (χ3n) is 4.88. The smallest absolute Gasteiger partial charge is 0.290 e. The van der Waals surface area contributed by atoms with E-state index in [4.69, 9.17) is 0 Å². The molecule has 0 spiro atoms. The van der Waals surface area contributed by atoms with Crippen LogP contribution in [0.25, 0.3) is 5.52 Å². The largest absolute Gasteiger partial charge is 0.351 e. The molecule has 3 rings (SSSR count). The highest BCUT2D eigenvalue weighted by Gasteiger charge is 2.27. The Labute approximate surface area is 154 Å². The van der Waals surface area contributed by atoms with Crippen LogP contribution < -0.4 is 5.32 Å². The number of pyridine rings is 1. The molecule has 2 aromatic rings. The van der Waals surface area contributed by atoms with Crippen molar-refractivity contribution >= 4 is 17.3 Å². The maximum absolute atomic E-state index is 13.0. The first kappa shape index (κ1) is 18.4. The number of amides is 2. The van der Waals surface area contributed by atoms with Gasteiger partial charge in [-0.3, -0.25) is 14.0 Å². The lowest BCUT2D eigenvalue weighted by Gasteiger charge is -2.33. The Morgan fingerprint density at radius 2 is 1.92 bits per heavy atom. The normalized spacial score (nSPS) is 15.4. The number of rotatable bonds is 6. The number of carbonyl (C=O) groups is 2. The Kier molecular flexibility index (Phi) is 5.88. The molecule has 2 amide bonds. The molecule has 0 bridgehead atoms. The van der Waals surface area contributed by atoms with Crippen molar-refractivity contribution in [1.29, 1.82) is 0 Å². The lowest BCUT2D eigenvalue weighted by Crippen LogP contribution is -2.48. The van der Waals surface area contributed by atoms with Crippen LogP contribution in [-0.2, 0) is 0 Å². The van der Waals surface area contributed by atoms with Crippen molar-refractivity contribution in [3.8, 4) is 0 Å². The average molecular weight is 357 g/mol. The summed E-state index contributed by atoms with van der Waals surface area (Å²) in [5.74, 6) is -0.0299. The number of nitrogens with zero attached hydrogens (tertiary/aromatic N) is 4. The summed E-state index contributed by atoms with van der Waals surface area (Å²) in [6.07, 6.45) is 3.73. The van der Waals surface area contributed by atoms with E-state index in [1.165, 1.54) is 0 Å². The van der Waals surface area contributed by atoms with E-state index in [1.54, 1.807) is 10.6 Å². The van der Waals surface area contributed by atoms with Crippen LogP contribution in [0.15, 0.2) is 24.4 Å². The molecule has 1 saturated heterocycles. The van der Waals surface area contributed by atoms with Crippen LogP contribution in [0.1, 0.15) is 47.8 Å². The Balaban J connectivity index is 1.84. The molecule has 7 nitrogen and oxygen atoms in total. The van der Waals surface area contributed by atoms with Crippen LogP contribution in [0.3, 0.4) is 0 Å². The highest BCUT2D eigenvalue weighted by molar-refractivity contribution is 6.02. The summed E-state index contributed by atoms with van der Waals surface area (Å²) in [5.41, 5.74) is 0.981. The first-order valence-electron chi connectivity index (χ1n) is 9.42. The molecule has 0 saturated carbocycles. The summed E-state index contributed by atoms with van der Waals surface area (Å²) in [4.78, 5) is 34.1. The molecular weight excluding hydrogens is 330 g/mol. The van der Waals surface area contributed by atoms with E-state index in [9.17, 15) is 9.59 Å². The second-order valence-electron chi connectivity index (χ2n) is 6.58. The summed E-state index contributed by atoms with van der Waals surface area (Å²) >= 11 is 0. The summed E-state index contributed by atoms with van der Waals surface area (Å²) in [5, 5.41) is 2.89. The van der Waals surface area contributed by atoms with Gasteiger partial charge in [0.25, 0.3) is 11.8 Å². The molecule has 0 aliphatic carbocycles. The number of fused-ring (bicyclic) bond motifs is 1. The molecule has 7 heteroatoms. The predicted octanol–water partition coefficient (Wildman–Crippen LogP) is 1.64. The quantitative estimate of drug-likeness (QED) is 0.798. The first-order valence-corrected chi connectivity index (χ1v) is 9.42. The molecule has 0 radical (unpaired) electrons. The average Bonchev–Trinajstić information content (AvgIpc) is 3.07. The van der Waals surface area contributed by atoms with Gasteiger partial charge in [-0.15, -0.1) is 0 Å². The van der Waals surface area contributed by atoms with E-state index < -0.39 is 0 Å². The minimum absolute atomic E-state index is 0.116. The van der Waals surface area contributed by atoms with Crippen molar-refractivity contribution in [2.24, 2.45) is 0 Å². The van der Waals surface area contributed by atoms with Gasteiger partial charge < -0.3 is 15.1 Å². The Bertz CT molecular complexity index is 777. The number of aromatic nitrogens is 2. The van der Waals surface area contributed by atoms with Gasteiger partial charge in [-0.25, -0.2) is 4.98 Å². The zero-order chi connectivity index (χ0) is 18.5. The standard InChI is InChI=1S/C19H27N5O2/c1-3-5-9-20-18(25)16-15-8-6-7-10-24(15)17(21-16)19(26)23-13-11-22(4-2)12-14-23/h6-8,10H,3-5,9,11-14H2,1-2H3,(H,20,25). The second kappa shape index (κ2) is 8.31. The molecule has 2 aromatic heterocycles. The van der Waals surface area contributed by atoms with Crippen LogP contribution in [0, 0.1) is 0 Å². The van der Waals surface area contributed by atoms with Gasteiger partial charge in [-0.05, 0) is 25.1 Å². The Morgan fingerprint density at radius 3 is 2.62 bits per heavy atom. The van der Waals surface area contributed by atoms with Gasteiger partial charge >= 0.3 is 0 Å².